The molecule has 2 heterocycles. The lowest BCUT2D eigenvalue weighted by atomic mass is 9.87. The van der Waals surface area contributed by atoms with Crippen molar-refractivity contribution in [2.24, 2.45) is 0 Å². The fourth-order valence-corrected chi connectivity index (χ4v) is 29.3. The van der Waals surface area contributed by atoms with Crippen LogP contribution in [0.5, 0.6) is 0 Å². The van der Waals surface area contributed by atoms with Gasteiger partial charge in [-0.1, -0.05) is 178 Å². The minimum atomic E-state index is -2.08. The van der Waals surface area contributed by atoms with E-state index in [2.05, 4.69) is 99.9 Å². The molecule has 8 aromatic rings. The monoisotopic (exact) mass is 1150 g/mol. The van der Waals surface area contributed by atoms with Crippen LogP contribution in [-0.4, -0.2) is 21.0 Å². The predicted octanol–water partition coefficient (Wildman–Crippen LogP) is 19.2. The van der Waals surface area contributed by atoms with Gasteiger partial charge >= 0.3 is 0 Å². The van der Waals surface area contributed by atoms with E-state index in [9.17, 15) is 0 Å². The first kappa shape index (κ1) is 55.5. The third-order valence-electron chi connectivity index (χ3n) is 17.2. The summed E-state index contributed by atoms with van der Waals surface area (Å²) in [5.41, 5.74) is 5.48. The predicted molar refractivity (Wildman–Crippen MR) is 322 cm³/mol. The second-order valence-electron chi connectivity index (χ2n) is 22.0. The van der Waals surface area contributed by atoms with Crippen LogP contribution in [0.2, 0.25) is 0 Å². The highest BCUT2D eigenvalue weighted by Crippen LogP contribution is 2.81. The Labute approximate surface area is 473 Å². The Morgan fingerprint density at radius 3 is 1.16 bits per heavy atom. The summed E-state index contributed by atoms with van der Waals surface area (Å²) in [4.78, 5) is 0. The molecule has 2 saturated carbocycles. The summed E-state index contributed by atoms with van der Waals surface area (Å²) in [6, 6.07) is 62.5. The van der Waals surface area contributed by atoms with Crippen LogP contribution in [-0.2, 0) is 0 Å². The zero-order chi connectivity index (χ0) is 54.7. The number of benzene rings is 8. The summed E-state index contributed by atoms with van der Waals surface area (Å²) in [6.07, 6.45) is 12.2. The van der Waals surface area contributed by atoms with E-state index in [4.69, 9.17) is 0 Å². The van der Waals surface area contributed by atoms with Gasteiger partial charge in [-0.3, -0.25) is 0 Å². The van der Waals surface area contributed by atoms with Gasteiger partial charge in [0, 0.05) is 84.2 Å². The van der Waals surface area contributed by atoms with Gasteiger partial charge in [0.15, 0.2) is 0 Å². The second kappa shape index (κ2) is 25.2. The Balaban J connectivity index is 1.05. The fourth-order valence-electron chi connectivity index (χ4n) is 13.6. The first-order valence-electron chi connectivity index (χ1n) is 28.6. The van der Waals surface area contributed by atoms with Crippen LogP contribution < -0.4 is 21.2 Å². The molecular formula is C68H66F6N2P4. The lowest BCUT2D eigenvalue weighted by molar-refractivity contribution is 0.351. The molecule has 0 radical (unpaired) electrons. The highest BCUT2D eigenvalue weighted by Gasteiger charge is 2.53. The molecule has 0 aromatic heterocycles. The topological polar surface area (TPSA) is 6.48 Å². The standard InChI is InChI=1S/C68H66F6N2P4/c69-52-36-39-65(59(73)44-52)79(66-40-37-53(70)45-60(66)74)76(55-31-17-6-18-32-55)80-67(49-25-11-3-12-26-49)46-56(68(80)50-27-13-4-14-28-50)51-35-38-64(58(72)43-51)78(63-34-20-19-33-57(63)71)75(54-29-15-5-16-30-54)77-61(47-21-7-1-8-22-47)41-42-62(77)48-23-9-2-10-24-48/h1-4,7-14,19-28,33-40,43-45,54-56,61-62,67-68H,5-6,15-18,29-32,41-42,46H2/t56?,61-,62-,67-,68+,78?,80?/m0/s1. The Bertz CT molecular complexity index is 3250. The average Bonchev–Trinajstić information content (AvgIpc) is 4.28. The van der Waals surface area contributed by atoms with Crippen LogP contribution in [0.3, 0.4) is 0 Å². The van der Waals surface area contributed by atoms with Gasteiger partial charge in [-0.25, -0.2) is 35.2 Å². The van der Waals surface area contributed by atoms with E-state index >= 15 is 26.3 Å². The van der Waals surface area contributed by atoms with Gasteiger partial charge in [0.25, 0.3) is 0 Å². The molecule has 7 atom stereocenters. The van der Waals surface area contributed by atoms with Crippen LogP contribution in [0.25, 0.3) is 0 Å². The molecule has 0 spiro atoms. The fraction of sp³-hybridized carbons (Fsp3) is 0.294. The number of hydrogen-bond donors (Lipinski definition) is 0. The molecule has 4 aliphatic rings. The maximum absolute atomic E-state index is 18.8. The molecule has 4 fully saturated rings. The zero-order valence-corrected chi connectivity index (χ0v) is 48.3. The molecule has 12 heteroatoms. The molecule has 2 aliphatic carbocycles. The largest absolute Gasteiger partial charge is 0.248 e. The molecule has 0 bridgehead atoms. The van der Waals surface area contributed by atoms with Crippen molar-refractivity contribution >= 4 is 53.5 Å². The molecule has 2 nitrogen and oxygen atoms in total. The van der Waals surface area contributed by atoms with Crippen LogP contribution in [0.4, 0.5) is 26.3 Å². The van der Waals surface area contributed by atoms with Gasteiger partial charge in [0.1, 0.15) is 34.9 Å². The summed E-state index contributed by atoms with van der Waals surface area (Å²) < 4.78 is 105. The van der Waals surface area contributed by atoms with Crippen molar-refractivity contribution in [1.82, 2.24) is 8.88 Å². The smallest absolute Gasteiger partial charge is 0.135 e. The third-order valence-corrected chi connectivity index (χ3v) is 30.6. The van der Waals surface area contributed by atoms with E-state index in [1.165, 1.54) is 35.4 Å². The second-order valence-corrected chi connectivity index (χ2v) is 31.5. The SMILES string of the molecule is Fc1ccc(P(c2ccc(F)cc2F)N(C2CCCCC2)P2[C@H](c3ccccc3)C(c3ccc(P(c4ccccc4F)N(C4CCCCC4)P4[C@H](c5ccccc5)CC[C@H]4c4ccccc4)c(F)c3)C[C@H]2c2ccccc2)c(F)c1. The highest BCUT2D eigenvalue weighted by molar-refractivity contribution is 7.80. The van der Waals surface area contributed by atoms with E-state index in [0.717, 1.165) is 106 Å². The minimum absolute atomic E-state index is 0.114. The minimum Gasteiger partial charge on any atom is -0.248 e. The van der Waals surface area contributed by atoms with Gasteiger partial charge < -0.3 is 0 Å². The quantitative estimate of drug-likeness (QED) is 0.0746. The Hall–Kier alpha value is -5.02. The van der Waals surface area contributed by atoms with Gasteiger partial charge in [-0.2, -0.15) is 0 Å². The van der Waals surface area contributed by atoms with E-state index in [0.29, 0.717) is 17.0 Å². The number of nitrogens with zero attached hydrogens (tertiary/aromatic N) is 2. The van der Waals surface area contributed by atoms with Crippen LogP contribution in [0.1, 0.15) is 140 Å². The van der Waals surface area contributed by atoms with Crippen LogP contribution >= 0.6 is 32.3 Å². The van der Waals surface area contributed by atoms with Crippen molar-refractivity contribution in [1.29, 1.82) is 0 Å². The Kier molecular flexibility index (Phi) is 17.5. The molecule has 12 rings (SSSR count). The highest BCUT2D eigenvalue weighted by atomic mass is 31.2. The molecule has 0 amide bonds. The van der Waals surface area contributed by atoms with Gasteiger partial charge in [-0.05, 0) is 143 Å². The Morgan fingerprint density at radius 2 is 0.713 bits per heavy atom. The van der Waals surface area contributed by atoms with E-state index in [1.807, 2.05) is 54.6 Å². The number of hydrogen-bond acceptors (Lipinski definition) is 2. The van der Waals surface area contributed by atoms with Crippen molar-refractivity contribution in [2.75, 3.05) is 0 Å². The van der Waals surface area contributed by atoms with Crippen molar-refractivity contribution in [3.05, 3.63) is 263 Å². The molecule has 410 valence electrons. The lowest BCUT2D eigenvalue weighted by Crippen LogP contribution is -2.38. The van der Waals surface area contributed by atoms with Gasteiger partial charge in [0.05, 0.1) is 0 Å². The molecule has 0 N–H and O–H groups in total. The normalized spacial score (nSPS) is 22.6. The number of halogens is 6. The number of rotatable bonds is 15. The lowest BCUT2D eigenvalue weighted by Gasteiger charge is -2.48. The summed E-state index contributed by atoms with van der Waals surface area (Å²) in [6.45, 7) is 0. The molecular weight excluding hydrogens is 1080 g/mol. The summed E-state index contributed by atoms with van der Waals surface area (Å²) in [7, 11) is -6.37. The maximum Gasteiger partial charge on any atom is 0.135 e. The van der Waals surface area contributed by atoms with Crippen molar-refractivity contribution in [3.8, 4) is 0 Å². The molecule has 2 aliphatic heterocycles. The zero-order valence-electron chi connectivity index (χ0n) is 44.7. The van der Waals surface area contributed by atoms with Crippen LogP contribution in [0.15, 0.2) is 200 Å². The van der Waals surface area contributed by atoms with Crippen molar-refractivity contribution < 1.29 is 26.3 Å². The average molecular weight is 1150 g/mol. The van der Waals surface area contributed by atoms with E-state index in [1.54, 1.807) is 18.2 Å². The molecule has 80 heavy (non-hydrogen) atoms. The Morgan fingerprint density at radius 1 is 0.325 bits per heavy atom. The molecule has 2 saturated heterocycles. The summed E-state index contributed by atoms with van der Waals surface area (Å²) in [5.74, 6) is -3.95. The summed E-state index contributed by atoms with van der Waals surface area (Å²) >= 11 is 0. The van der Waals surface area contributed by atoms with Gasteiger partial charge in [-0.15, -0.1) is 0 Å². The molecule has 3 unspecified atom stereocenters. The third kappa shape index (κ3) is 11.4. The van der Waals surface area contributed by atoms with Gasteiger partial charge in [0.2, 0.25) is 0 Å². The van der Waals surface area contributed by atoms with E-state index in [-0.39, 0.29) is 62.9 Å². The van der Waals surface area contributed by atoms with E-state index < -0.39 is 55.6 Å². The molecule has 8 aromatic carbocycles. The summed E-state index contributed by atoms with van der Waals surface area (Å²) in [5, 5.41) is 1.44. The first-order chi connectivity index (χ1) is 39.2. The van der Waals surface area contributed by atoms with Crippen molar-refractivity contribution in [2.45, 2.75) is 124 Å². The van der Waals surface area contributed by atoms with Crippen molar-refractivity contribution in [3.63, 3.8) is 0 Å². The van der Waals surface area contributed by atoms with Crippen LogP contribution in [0, 0.1) is 34.9 Å². The first-order valence-corrected chi connectivity index (χ1v) is 34.1. The maximum atomic E-state index is 18.8.